The number of allylic oxidation sites excluding steroid dienone is 2. The Morgan fingerprint density at radius 3 is 2.53 bits per heavy atom. The van der Waals surface area contributed by atoms with E-state index in [2.05, 4.69) is 29.0 Å². The average molecular weight is 445 g/mol. The average Bonchev–Trinajstić information content (AvgIpc) is 2.79. The van der Waals surface area contributed by atoms with Gasteiger partial charge in [-0.15, -0.1) is 0 Å². The Morgan fingerprint density at radius 2 is 1.84 bits per heavy atom. The molecule has 0 aliphatic rings. The van der Waals surface area contributed by atoms with Gasteiger partial charge in [-0.2, -0.15) is 0 Å². The Bertz CT molecular complexity index is 1220. The number of carbonyl (C=O) groups excluding carboxylic acids is 2. The number of hydrogen-bond donors (Lipinski definition) is 2. The zero-order chi connectivity index (χ0) is 23.1. The van der Waals surface area contributed by atoms with Crippen LogP contribution in [0.15, 0.2) is 90.0 Å². The van der Waals surface area contributed by atoms with E-state index in [4.69, 9.17) is 4.98 Å². The molecule has 32 heavy (non-hydrogen) atoms. The molecule has 0 aliphatic heterocycles. The number of amides is 2. The van der Waals surface area contributed by atoms with E-state index in [-0.39, 0.29) is 11.7 Å². The van der Waals surface area contributed by atoms with E-state index >= 15 is 0 Å². The molecule has 0 saturated heterocycles. The summed E-state index contributed by atoms with van der Waals surface area (Å²) in [6.45, 7) is 11.1. The van der Waals surface area contributed by atoms with Gasteiger partial charge in [0.25, 0.3) is 5.91 Å². The van der Waals surface area contributed by atoms with Crippen LogP contribution in [-0.2, 0) is 9.59 Å². The predicted molar refractivity (Wildman–Crippen MR) is 130 cm³/mol. The molecule has 2 N–H and O–H groups in total. The molecule has 2 amide bonds. The van der Waals surface area contributed by atoms with Crippen molar-refractivity contribution in [3.05, 3.63) is 90.6 Å². The van der Waals surface area contributed by atoms with Crippen LogP contribution in [0.25, 0.3) is 22.3 Å². The topological polar surface area (TPSA) is 84.0 Å². The molecule has 6 nitrogen and oxygen atoms in total. The molecule has 2 aromatic carbocycles. The van der Waals surface area contributed by atoms with Gasteiger partial charge < -0.3 is 0 Å². The van der Waals surface area contributed by atoms with E-state index in [1.54, 1.807) is 13.0 Å². The predicted octanol–water partition coefficient (Wildman–Crippen LogP) is 4.53. The van der Waals surface area contributed by atoms with Crippen LogP contribution in [0.1, 0.15) is 12.5 Å². The van der Waals surface area contributed by atoms with E-state index in [1.165, 1.54) is 17.8 Å². The number of thioether (sulfide) groups is 1. The van der Waals surface area contributed by atoms with Crippen LogP contribution in [0, 0.1) is 6.92 Å². The number of aryl methyl sites for hydroxylation is 1. The largest absolute Gasteiger partial charge is 0.272 e. The maximum atomic E-state index is 12.4. The monoisotopic (exact) mass is 444 g/mol. The highest BCUT2D eigenvalue weighted by molar-refractivity contribution is 8.00. The highest BCUT2D eigenvalue weighted by Gasteiger charge is 2.13. The smallest absolute Gasteiger partial charge is 0.269 e. The highest BCUT2D eigenvalue weighted by atomic mass is 32.2. The lowest BCUT2D eigenvalue weighted by Crippen LogP contribution is -2.43. The zero-order valence-electron chi connectivity index (χ0n) is 18.0. The minimum atomic E-state index is -0.462. The van der Waals surface area contributed by atoms with Crippen LogP contribution in [0.3, 0.4) is 0 Å². The first kappa shape index (κ1) is 23.0. The molecule has 0 saturated carbocycles. The van der Waals surface area contributed by atoms with Crippen molar-refractivity contribution in [1.82, 2.24) is 20.8 Å². The summed E-state index contributed by atoms with van der Waals surface area (Å²) in [4.78, 5) is 33.9. The first-order valence-electron chi connectivity index (χ1n) is 9.93. The Hall–Kier alpha value is -3.71. The molecule has 0 fully saturated rings. The second-order valence-corrected chi connectivity index (χ2v) is 8.14. The maximum absolute atomic E-state index is 12.4. The Morgan fingerprint density at radius 1 is 1.09 bits per heavy atom. The number of hydrazine groups is 1. The summed E-state index contributed by atoms with van der Waals surface area (Å²) in [6, 6.07) is 15.6. The van der Waals surface area contributed by atoms with Gasteiger partial charge in [-0.05, 0) is 32.1 Å². The van der Waals surface area contributed by atoms with E-state index in [9.17, 15) is 9.59 Å². The number of rotatable bonds is 7. The second-order valence-electron chi connectivity index (χ2n) is 7.18. The van der Waals surface area contributed by atoms with Crippen LogP contribution < -0.4 is 10.9 Å². The van der Waals surface area contributed by atoms with E-state index in [1.807, 2.05) is 55.5 Å². The van der Waals surface area contributed by atoms with Crippen LogP contribution >= 0.6 is 11.8 Å². The van der Waals surface area contributed by atoms with E-state index in [0.717, 1.165) is 22.0 Å². The highest BCUT2D eigenvalue weighted by Crippen LogP contribution is 2.29. The van der Waals surface area contributed by atoms with Gasteiger partial charge in [0.1, 0.15) is 5.03 Å². The van der Waals surface area contributed by atoms with E-state index < -0.39 is 5.91 Å². The molecule has 0 atom stereocenters. The van der Waals surface area contributed by atoms with Crippen molar-refractivity contribution in [2.75, 3.05) is 5.75 Å². The summed E-state index contributed by atoms with van der Waals surface area (Å²) in [6.07, 6.45) is 3.00. The third-order valence-electron chi connectivity index (χ3n) is 4.39. The van der Waals surface area contributed by atoms with Crippen LogP contribution in [0.5, 0.6) is 0 Å². The number of benzene rings is 2. The lowest BCUT2D eigenvalue weighted by Gasteiger charge is -2.10. The molecule has 3 aromatic rings. The Balaban J connectivity index is 1.76. The molecule has 3 rings (SSSR count). The summed E-state index contributed by atoms with van der Waals surface area (Å²) in [5, 5.41) is 1.58. The van der Waals surface area contributed by atoms with Crippen molar-refractivity contribution in [3.8, 4) is 11.4 Å². The van der Waals surface area contributed by atoms with Crippen LogP contribution in [-0.4, -0.2) is 27.5 Å². The fourth-order valence-corrected chi connectivity index (χ4v) is 3.70. The molecule has 162 valence electrons. The number of hydrogen-bond acceptors (Lipinski definition) is 5. The van der Waals surface area contributed by atoms with Crippen LogP contribution in [0.4, 0.5) is 0 Å². The van der Waals surface area contributed by atoms with Gasteiger partial charge in [-0.1, -0.05) is 78.5 Å². The van der Waals surface area contributed by atoms with Crippen molar-refractivity contribution < 1.29 is 9.59 Å². The zero-order valence-corrected chi connectivity index (χ0v) is 18.8. The van der Waals surface area contributed by atoms with Crippen molar-refractivity contribution in [1.29, 1.82) is 0 Å². The minimum absolute atomic E-state index is 0.0716. The summed E-state index contributed by atoms with van der Waals surface area (Å²) >= 11 is 1.29. The number of nitrogens with one attached hydrogen (secondary N) is 2. The fourth-order valence-electron chi connectivity index (χ4n) is 2.89. The maximum Gasteiger partial charge on any atom is 0.269 e. The van der Waals surface area contributed by atoms with Gasteiger partial charge in [0.15, 0.2) is 5.82 Å². The van der Waals surface area contributed by atoms with E-state index in [0.29, 0.717) is 22.0 Å². The molecular weight excluding hydrogens is 420 g/mol. The van der Waals surface area contributed by atoms with Gasteiger partial charge in [-0.3, -0.25) is 20.4 Å². The molecule has 0 unspecified atom stereocenters. The van der Waals surface area contributed by atoms with Gasteiger partial charge >= 0.3 is 0 Å². The second kappa shape index (κ2) is 10.5. The summed E-state index contributed by atoms with van der Waals surface area (Å²) in [7, 11) is 0. The number of nitrogens with zero attached hydrogens (tertiary/aromatic N) is 2. The van der Waals surface area contributed by atoms with Crippen molar-refractivity contribution in [2.45, 2.75) is 18.9 Å². The molecule has 0 radical (unpaired) electrons. The summed E-state index contributed by atoms with van der Waals surface area (Å²) < 4.78 is 0. The molecule has 0 spiro atoms. The minimum Gasteiger partial charge on any atom is -0.272 e. The quantitative estimate of drug-likeness (QED) is 0.184. The third-order valence-corrected chi connectivity index (χ3v) is 5.38. The number of fused-ring (bicyclic) bond motifs is 1. The number of aromatic nitrogens is 2. The Labute approximate surface area is 191 Å². The molecule has 0 bridgehead atoms. The molecular formula is C25H24N4O2S. The standard InChI is InChI=1S/C25H24N4O2S/c1-5-18(13-16(2)3)24(31)29-28-22(30)15-32-25-20-14-17(4)11-12-21(20)26-23(27-25)19-9-7-6-8-10-19/h5-14H,1-2,15H2,3-4H3,(H,28,30)(H,29,31)/b18-13+. The lowest BCUT2D eigenvalue weighted by atomic mass is 10.1. The molecule has 1 heterocycles. The van der Waals surface area contributed by atoms with Gasteiger partial charge in [0.05, 0.1) is 11.3 Å². The first-order valence-corrected chi connectivity index (χ1v) is 10.9. The Kier molecular flexibility index (Phi) is 7.57. The van der Waals surface area contributed by atoms with Crippen molar-refractivity contribution >= 4 is 34.5 Å². The molecule has 7 heteroatoms. The van der Waals surface area contributed by atoms with Gasteiger partial charge in [-0.25, -0.2) is 9.97 Å². The van der Waals surface area contributed by atoms with Crippen LogP contribution in [0.2, 0.25) is 0 Å². The molecule has 1 aromatic heterocycles. The van der Waals surface area contributed by atoms with Crippen molar-refractivity contribution in [2.24, 2.45) is 0 Å². The van der Waals surface area contributed by atoms with Gasteiger partial charge in [0.2, 0.25) is 5.91 Å². The van der Waals surface area contributed by atoms with Gasteiger partial charge in [0, 0.05) is 16.5 Å². The summed E-state index contributed by atoms with van der Waals surface area (Å²) in [5.41, 5.74) is 8.62. The normalized spacial score (nSPS) is 11.1. The fraction of sp³-hybridized carbons (Fsp3) is 0.120. The summed E-state index contributed by atoms with van der Waals surface area (Å²) in [5.74, 6) is -0.153. The number of carbonyl (C=O) groups is 2. The third kappa shape index (κ3) is 5.92. The lowest BCUT2D eigenvalue weighted by molar-refractivity contribution is -0.125. The molecule has 0 aliphatic carbocycles. The first-order chi connectivity index (χ1) is 15.4. The van der Waals surface area contributed by atoms with Crippen molar-refractivity contribution in [3.63, 3.8) is 0 Å². The SMILES string of the molecule is C=C/C(=C\C(=C)C)C(=O)NNC(=O)CSc1nc(-c2ccccc2)nc2ccc(C)cc12.